The van der Waals surface area contributed by atoms with Crippen molar-refractivity contribution in [1.82, 2.24) is 10.2 Å². The summed E-state index contributed by atoms with van der Waals surface area (Å²) in [6.07, 6.45) is 0. The van der Waals surface area contributed by atoms with Gasteiger partial charge in [0.1, 0.15) is 11.4 Å². The second-order valence-corrected chi connectivity index (χ2v) is 5.08. The maximum atomic E-state index is 13.7. The molecule has 0 atom stereocenters. The number of benzene rings is 1. The molecule has 0 radical (unpaired) electrons. The van der Waals surface area contributed by atoms with E-state index in [1.165, 1.54) is 6.07 Å². The molecule has 5 nitrogen and oxygen atoms in total. The summed E-state index contributed by atoms with van der Waals surface area (Å²) in [7, 11) is 0. The summed E-state index contributed by atoms with van der Waals surface area (Å²) in [4.78, 5) is 24.7. The van der Waals surface area contributed by atoms with Gasteiger partial charge in [-0.25, -0.2) is 9.18 Å². The molecule has 0 aliphatic carbocycles. The van der Waals surface area contributed by atoms with Gasteiger partial charge in [-0.3, -0.25) is 9.69 Å². The smallest absolute Gasteiger partial charge is 0.325 e. The van der Waals surface area contributed by atoms with Gasteiger partial charge in [-0.2, -0.15) is 0 Å². The van der Waals surface area contributed by atoms with Gasteiger partial charge in [-0.1, -0.05) is 6.07 Å². The highest BCUT2D eigenvalue weighted by molar-refractivity contribution is 6.06. The molecule has 1 aliphatic heterocycles. The fourth-order valence-electron chi connectivity index (χ4n) is 2.01. The van der Waals surface area contributed by atoms with Crippen LogP contribution in [0.15, 0.2) is 18.2 Å². The molecule has 3 amide bonds. The number of amides is 3. The van der Waals surface area contributed by atoms with Gasteiger partial charge in [-0.05, 0) is 31.5 Å². The van der Waals surface area contributed by atoms with Crippen LogP contribution in [0.1, 0.15) is 25.0 Å². The van der Waals surface area contributed by atoms with E-state index in [-0.39, 0.29) is 24.6 Å². The number of halogens is 1. The summed E-state index contributed by atoms with van der Waals surface area (Å²) in [5.74, 6) is -0.822. The number of rotatable bonds is 3. The molecule has 0 aromatic heterocycles. The van der Waals surface area contributed by atoms with Crippen LogP contribution in [0, 0.1) is 5.82 Å². The number of carbonyl (C=O) groups is 2. The van der Waals surface area contributed by atoms with Crippen LogP contribution >= 0.6 is 0 Å². The highest BCUT2D eigenvalue weighted by atomic mass is 19.1. The van der Waals surface area contributed by atoms with Crippen LogP contribution in [0.2, 0.25) is 0 Å². The number of imide groups is 1. The zero-order valence-electron chi connectivity index (χ0n) is 10.9. The lowest BCUT2D eigenvalue weighted by Crippen LogP contribution is -2.40. The lowest BCUT2D eigenvalue weighted by molar-refractivity contribution is -0.130. The Bertz CT molecular complexity index is 543. The lowest BCUT2D eigenvalue weighted by Gasteiger charge is -2.16. The molecule has 2 rings (SSSR count). The minimum atomic E-state index is -0.945. The van der Waals surface area contributed by atoms with Crippen molar-refractivity contribution in [3.05, 3.63) is 35.1 Å². The first-order valence-corrected chi connectivity index (χ1v) is 5.96. The Hall–Kier alpha value is -1.95. The largest absolute Gasteiger partial charge is 0.326 e. The Labute approximate surface area is 110 Å². The molecular formula is C13H16FN3O2. The molecule has 0 spiro atoms. The molecule has 19 heavy (non-hydrogen) atoms. The Morgan fingerprint density at radius 2 is 2.05 bits per heavy atom. The predicted molar refractivity (Wildman–Crippen MR) is 67.5 cm³/mol. The Balaban J connectivity index is 2.27. The molecule has 1 aromatic rings. The molecule has 0 bridgehead atoms. The molecule has 1 fully saturated rings. The second kappa shape index (κ2) is 4.62. The monoisotopic (exact) mass is 265 g/mol. The SMILES string of the molecule is CC1(C)NC(=O)N(Cc2cc(CN)ccc2F)C1=O. The van der Waals surface area contributed by atoms with E-state index in [2.05, 4.69) is 5.32 Å². The summed E-state index contributed by atoms with van der Waals surface area (Å²) >= 11 is 0. The molecular weight excluding hydrogens is 249 g/mol. The quantitative estimate of drug-likeness (QED) is 0.804. The van der Waals surface area contributed by atoms with Crippen LogP contribution in [0.4, 0.5) is 9.18 Å². The van der Waals surface area contributed by atoms with Crippen molar-refractivity contribution < 1.29 is 14.0 Å². The van der Waals surface area contributed by atoms with Crippen LogP contribution in [-0.2, 0) is 17.9 Å². The van der Waals surface area contributed by atoms with Crippen molar-refractivity contribution in [3.8, 4) is 0 Å². The van der Waals surface area contributed by atoms with E-state index < -0.39 is 17.4 Å². The summed E-state index contributed by atoms with van der Waals surface area (Å²) < 4.78 is 13.7. The number of hydrogen-bond donors (Lipinski definition) is 2. The summed E-state index contributed by atoms with van der Waals surface area (Å²) in [6.45, 7) is 3.41. The molecule has 1 aliphatic rings. The van der Waals surface area contributed by atoms with Crippen LogP contribution in [0.3, 0.4) is 0 Å². The molecule has 6 heteroatoms. The minimum Gasteiger partial charge on any atom is -0.326 e. The fourth-order valence-corrected chi connectivity index (χ4v) is 2.01. The van der Waals surface area contributed by atoms with E-state index in [1.807, 2.05) is 0 Å². The number of carbonyl (C=O) groups excluding carboxylic acids is 2. The van der Waals surface area contributed by atoms with Gasteiger partial charge >= 0.3 is 6.03 Å². The Kier molecular flexibility index (Phi) is 3.28. The van der Waals surface area contributed by atoms with Crippen LogP contribution in [0.25, 0.3) is 0 Å². The van der Waals surface area contributed by atoms with Crippen molar-refractivity contribution in [1.29, 1.82) is 0 Å². The van der Waals surface area contributed by atoms with Gasteiger partial charge in [-0.15, -0.1) is 0 Å². The topological polar surface area (TPSA) is 75.4 Å². The molecule has 1 heterocycles. The second-order valence-electron chi connectivity index (χ2n) is 5.08. The van der Waals surface area contributed by atoms with Gasteiger partial charge < -0.3 is 11.1 Å². The molecule has 0 saturated carbocycles. The molecule has 102 valence electrons. The van der Waals surface area contributed by atoms with Crippen molar-refractivity contribution in [2.24, 2.45) is 5.73 Å². The van der Waals surface area contributed by atoms with E-state index in [1.54, 1.807) is 26.0 Å². The zero-order chi connectivity index (χ0) is 14.2. The molecule has 3 N–H and O–H groups in total. The summed E-state index contributed by atoms with van der Waals surface area (Å²) in [5, 5.41) is 2.55. The van der Waals surface area contributed by atoms with E-state index in [4.69, 9.17) is 5.73 Å². The van der Waals surface area contributed by atoms with Crippen LogP contribution < -0.4 is 11.1 Å². The normalized spacial score (nSPS) is 17.8. The van der Waals surface area contributed by atoms with E-state index in [0.717, 1.165) is 10.5 Å². The van der Waals surface area contributed by atoms with Crippen molar-refractivity contribution >= 4 is 11.9 Å². The zero-order valence-corrected chi connectivity index (χ0v) is 10.9. The van der Waals surface area contributed by atoms with Crippen LogP contribution in [-0.4, -0.2) is 22.4 Å². The Morgan fingerprint density at radius 1 is 1.37 bits per heavy atom. The average molecular weight is 265 g/mol. The first-order valence-electron chi connectivity index (χ1n) is 5.96. The van der Waals surface area contributed by atoms with Gasteiger partial charge in [0.25, 0.3) is 5.91 Å². The van der Waals surface area contributed by atoms with E-state index >= 15 is 0 Å². The van der Waals surface area contributed by atoms with Crippen LogP contribution in [0.5, 0.6) is 0 Å². The highest BCUT2D eigenvalue weighted by Gasteiger charge is 2.44. The molecule has 1 aromatic carbocycles. The lowest BCUT2D eigenvalue weighted by atomic mass is 10.1. The number of urea groups is 1. The molecule has 1 saturated heterocycles. The highest BCUT2D eigenvalue weighted by Crippen LogP contribution is 2.21. The van der Waals surface area contributed by atoms with Gasteiger partial charge in [0.15, 0.2) is 0 Å². The van der Waals surface area contributed by atoms with Gasteiger partial charge in [0.05, 0.1) is 6.54 Å². The van der Waals surface area contributed by atoms with Gasteiger partial charge in [0.2, 0.25) is 0 Å². The van der Waals surface area contributed by atoms with Crippen molar-refractivity contribution in [2.45, 2.75) is 32.5 Å². The summed E-state index contributed by atoms with van der Waals surface area (Å²) in [5.41, 5.74) is 5.58. The first-order chi connectivity index (χ1) is 8.85. The van der Waals surface area contributed by atoms with E-state index in [0.29, 0.717) is 0 Å². The molecule has 0 unspecified atom stereocenters. The number of hydrogen-bond acceptors (Lipinski definition) is 3. The standard InChI is InChI=1S/C13H16FN3O2/c1-13(2)11(18)17(12(19)16-13)7-9-5-8(6-15)3-4-10(9)14/h3-5H,6-7,15H2,1-2H3,(H,16,19). The number of nitrogens with one attached hydrogen (secondary N) is 1. The van der Waals surface area contributed by atoms with E-state index in [9.17, 15) is 14.0 Å². The maximum absolute atomic E-state index is 13.7. The first kappa shape index (κ1) is 13.5. The third kappa shape index (κ3) is 2.44. The van der Waals surface area contributed by atoms with Crippen molar-refractivity contribution in [3.63, 3.8) is 0 Å². The van der Waals surface area contributed by atoms with Gasteiger partial charge in [0, 0.05) is 12.1 Å². The van der Waals surface area contributed by atoms with Crippen molar-refractivity contribution in [2.75, 3.05) is 0 Å². The fraction of sp³-hybridized carbons (Fsp3) is 0.385. The maximum Gasteiger partial charge on any atom is 0.325 e. The summed E-state index contributed by atoms with van der Waals surface area (Å²) in [6, 6.07) is 3.93. The Morgan fingerprint density at radius 3 is 2.58 bits per heavy atom. The average Bonchev–Trinajstić information content (AvgIpc) is 2.54. The number of nitrogens with two attached hydrogens (primary N) is 1. The number of nitrogens with zero attached hydrogens (tertiary/aromatic N) is 1. The third-order valence-electron chi connectivity index (χ3n) is 3.12. The minimum absolute atomic E-state index is 0.0895. The predicted octanol–water partition coefficient (Wildman–Crippen LogP) is 1.11. The third-order valence-corrected chi connectivity index (χ3v) is 3.12.